The van der Waals surface area contributed by atoms with Gasteiger partial charge in [-0.3, -0.25) is 4.79 Å². The Labute approximate surface area is 118 Å². The van der Waals surface area contributed by atoms with Crippen molar-refractivity contribution in [1.82, 2.24) is 0 Å². The van der Waals surface area contributed by atoms with Crippen molar-refractivity contribution in [3.63, 3.8) is 0 Å². The maximum atomic E-state index is 13.7. The standard InChI is InChI=1S/C13H13BrFNO3/c1-13(2,3)19-12(18)16-10-5-7(14)4-9(15)8(10)6-11(16)17/h4-5H,6H2,1-3H3. The van der Waals surface area contributed by atoms with Gasteiger partial charge >= 0.3 is 6.09 Å². The molecule has 102 valence electrons. The summed E-state index contributed by atoms with van der Waals surface area (Å²) in [7, 11) is 0. The number of imide groups is 1. The molecule has 0 fully saturated rings. The Morgan fingerprint density at radius 2 is 2.05 bits per heavy atom. The van der Waals surface area contributed by atoms with E-state index in [2.05, 4.69) is 15.9 Å². The van der Waals surface area contributed by atoms with Gasteiger partial charge < -0.3 is 4.74 Å². The monoisotopic (exact) mass is 329 g/mol. The average molecular weight is 330 g/mol. The smallest absolute Gasteiger partial charge is 0.421 e. The molecule has 6 heteroatoms. The van der Waals surface area contributed by atoms with Crippen LogP contribution in [0.3, 0.4) is 0 Å². The second-order valence-corrected chi connectivity index (χ2v) is 6.19. The van der Waals surface area contributed by atoms with E-state index in [0.29, 0.717) is 4.47 Å². The van der Waals surface area contributed by atoms with Gasteiger partial charge in [0.15, 0.2) is 0 Å². The van der Waals surface area contributed by atoms with E-state index in [0.717, 1.165) is 4.90 Å². The van der Waals surface area contributed by atoms with Crippen molar-refractivity contribution < 1.29 is 18.7 Å². The van der Waals surface area contributed by atoms with Crippen molar-refractivity contribution in [3.05, 3.63) is 28.0 Å². The molecule has 0 bridgehead atoms. The number of nitrogens with zero attached hydrogens (tertiary/aromatic N) is 1. The molecule has 0 aliphatic carbocycles. The van der Waals surface area contributed by atoms with E-state index in [1.54, 1.807) is 20.8 Å². The van der Waals surface area contributed by atoms with Crippen LogP contribution in [0.2, 0.25) is 0 Å². The summed E-state index contributed by atoms with van der Waals surface area (Å²) >= 11 is 3.14. The number of carbonyl (C=O) groups is 2. The van der Waals surface area contributed by atoms with Crippen LogP contribution in [0, 0.1) is 5.82 Å². The molecule has 2 amide bonds. The molecule has 0 saturated heterocycles. The minimum Gasteiger partial charge on any atom is -0.443 e. The lowest BCUT2D eigenvalue weighted by molar-refractivity contribution is -0.117. The molecule has 0 atom stereocenters. The normalized spacial score (nSPS) is 14.6. The molecule has 1 aliphatic rings. The van der Waals surface area contributed by atoms with Crippen LogP contribution in [-0.4, -0.2) is 17.6 Å². The SMILES string of the molecule is CC(C)(C)OC(=O)N1C(=O)Cc2c(F)cc(Br)cc21. The van der Waals surface area contributed by atoms with Gasteiger partial charge in [-0.1, -0.05) is 15.9 Å². The first kappa shape index (κ1) is 14.0. The van der Waals surface area contributed by atoms with Gasteiger partial charge in [-0.25, -0.2) is 14.1 Å². The van der Waals surface area contributed by atoms with Crippen LogP contribution < -0.4 is 4.90 Å². The quantitative estimate of drug-likeness (QED) is 0.732. The molecule has 1 aliphatic heterocycles. The third-order valence-corrected chi connectivity index (χ3v) is 2.99. The first-order valence-corrected chi connectivity index (χ1v) is 6.52. The van der Waals surface area contributed by atoms with E-state index < -0.39 is 23.4 Å². The van der Waals surface area contributed by atoms with Crippen LogP contribution >= 0.6 is 15.9 Å². The summed E-state index contributed by atoms with van der Waals surface area (Å²) in [5.41, 5.74) is -0.254. The van der Waals surface area contributed by atoms with Crippen LogP contribution in [0.5, 0.6) is 0 Å². The molecule has 19 heavy (non-hydrogen) atoms. The molecule has 1 heterocycles. The number of amides is 2. The zero-order chi connectivity index (χ0) is 14.4. The molecule has 1 aromatic rings. The highest BCUT2D eigenvalue weighted by atomic mass is 79.9. The first-order chi connectivity index (χ1) is 8.69. The number of ether oxygens (including phenoxy) is 1. The Balaban J connectivity index is 2.40. The largest absolute Gasteiger partial charge is 0.443 e. The molecular weight excluding hydrogens is 317 g/mol. The van der Waals surface area contributed by atoms with Gasteiger partial charge in [0.1, 0.15) is 11.4 Å². The molecule has 0 N–H and O–H groups in total. The number of carbonyl (C=O) groups excluding carboxylic acids is 2. The Hall–Kier alpha value is -1.43. The Kier molecular flexibility index (Phi) is 3.38. The Morgan fingerprint density at radius 3 is 2.63 bits per heavy atom. The molecule has 0 unspecified atom stereocenters. The number of benzene rings is 1. The highest BCUT2D eigenvalue weighted by Gasteiger charge is 2.37. The summed E-state index contributed by atoms with van der Waals surface area (Å²) in [5.74, 6) is -0.995. The summed E-state index contributed by atoms with van der Waals surface area (Å²) < 4.78 is 19.4. The summed E-state index contributed by atoms with van der Waals surface area (Å²) in [6.07, 6.45) is -0.915. The third kappa shape index (κ3) is 2.78. The highest BCUT2D eigenvalue weighted by Crippen LogP contribution is 2.34. The van der Waals surface area contributed by atoms with Crippen LogP contribution in [0.25, 0.3) is 0 Å². The summed E-state index contributed by atoms with van der Waals surface area (Å²) in [4.78, 5) is 24.8. The summed E-state index contributed by atoms with van der Waals surface area (Å²) in [6, 6.07) is 2.80. The fourth-order valence-corrected chi connectivity index (χ4v) is 2.25. The molecule has 4 nitrogen and oxygen atoms in total. The van der Waals surface area contributed by atoms with E-state index >= 15 is 0 Å². The average Bonchev–Trinajstić information content (AvgIpc) is 2.52. The van der Waals surface area contributed by atoms with E-state index in [4.69, 9.17) is 4.74 Å². The molecule has 0 saturated carbocycles. The summed E-state index contributed by atoms with van der Waals surface area (Å²) in [6.45, 7) is 5.11. The fraction of sp³-hybridized carbons (Fsp3) is 0.385. The van der Waals surface area contributed by atoms with Crippen LogP contribution in [0.4, 0.5) is 14.9 Å². The first-order valence-electron chi connectivity index (χ1n) is 5.73. The zero-order valence-corrected chi connectivity index (χ0v) is 12.4. The highest BCUT2D eigenvalue weighted by molar-refractivity contribution is 9.10. The fourth-order valence-electron chi connectivity index (χ4n) is 1.84. The van der Waals surface area contributed by atoms with Gasteiger partial charge in [-0.2, -0.15) is 0 Å². The van der Waals surface area contributed by atoms with Crippen molar-refractivity contribution >= 4 is 33.6 Å². The number of anilines is 1. The molecular formula is C13H13BrFNO3. The lowest BCUT2D eigenvalue weighted by atomic mass is 10.1. The van der Waals surface area contributed by atoms with E-state index in [9.17, 15) is 14.0 Å². The molecule has 0 aromatic heterocycles. The lowest BCUT2D eigenvalue weighted by Gasteiger charge is -2.23. The predicted molar refractivity (Wildman–Crippen MR) is 71.5 cm³/mol. The maximum Gasteiger partial charge on any atom is 0.421 e. The Bertz CT molecular complexity index is 566. The van der Waals surface area contributed by atoms with E-state index in [1.807, 2.05) is 0 Å². The number of hydrogen-bond donors (Lipinski definition) is 0. The van der Waals surface area contributed by atoms with Crippen molar-refractivity contribution in [2.24, 2.45) is 0 Å². The minimum atomic E-state index is -0.784. The van der Waals surface area contributed by atoms with Crippen molar-refractivity contribution in [2.75, 3.05) is 4.90 Å². The van der Waals surface area contributed by atoms with E-state index in [-0.39, 0.29) is 17.7 Å². The summed E-state index contributed by atoms with van der Waals surface area (Å²) in [5, 5.41) is 0. The second kappa shape index (κ2) is 4.59. The third-order valence-electron chi connectivity index (χ3n) is 2.53. The van der Waals surface area contributed by atoms with Crippen LogP contribution in [0.15, 0.2) is 16.6 Å². The second-order valence-electron chi connectivity index (χ2n) is 5.27. The van der Waals surface area contributed by atoms with Gasteiger partial charge in [-0.05, 0) is 32.9 Å². The zero-order valence-electron chi connectivity index (χ0n) is 10.8. The molecule has 1 aromatic carbocycles. The molecule has 0 radical (unpaired) electrons. The number of hydrogen-bond acceptors (Lipinski definition) is 3. The number of rotatable bonds is 0. The minimum absolute atomic E-state index is 0.131. The van der Waals surface area contributed by atoms with Gasteiger partial charge in [0.25, 0.3) is 0 Å². The van der Waals surface area contributed by atoms with Gasteiger partial charge in [0.05, 0.1) is 12.1 Å². The van der Waals surface area contributed by atoms with Crippen molar-refractivity contribution in [3.8, 4) is 0 Å². The lowest BCUT2D eigenvalue weighted by Crippen LogP contribution is -2.38. The van der Waals surface area contributed by atoms with Crippen molar-refractivity contribution in [2.45, 2.75) is 32.8 Å². The van der Waals surface area contributed by atoms with E-state index in [1.165, 1.54) is 12.1 Å². The van der Waals surface area contributed by atoms with Gasteiger partial charge in [-0.15, -0.1) is 0 Å². The van der Waals surface area contributed by atoms with Gasteiger partial charge in [0.2, 0.25) is 5.91 Å². The van der Waals surface area contributed by atoms with Gasteiger partial charge in [0, 0.05) is 10.0 Å². The topological polar surface area (TPSA) is 46.6 Å². The molecule has 0 spiro atoms. The predicted octanol–water partition coefficient (Wildman–Crippen LogP) is 3.41. The number of halogens is 2. The molecule has 2 rings (SSSR count). The maximum absolute atomic E-state index is 13.7. The van der Waals surface area contributed by atoms with Crippen LogP contribution in [0.1, 0.15) is 26.3 Å². The van der Waals surface area contributed by atoms with Crippen LogP contribution in [-0.2, 0) is 16.0 Å². The Morgan fingerprint density at radius 1 is 1.42 bits per heavy atom. The number of fused-ring (bicyclic) bond motifs is 1. The van der Waals surface area contributed by atoms with Crippen molar-refractivity contribution in [1.29, 1.82) is 0 Å².